The smallest absolute Gasteiger partial charge is 0.243 e. The summed E-state index contributed by atoms with van der Waals surface area (Å²) in [5, 5.41) is 18.9. The van der Waals surface area contributed by atoms with Gasteiger partial charge in [0.05, 0.1) is 6.10 Å². The second-order valence-corrected chi connectivity index (χ2v) is 8.27. The van der Waals surface area contributed by atoms with Gasteiger partial charge in [-0.2, -0.15) is 0 Å². The zero-order valence-corrected chi connectivity index (χ0v) is 16.8. The van der Waals surface area contributed by atoms with E-state index in [1.165, 1.54) is 6.33 Å². The molecule has 0 spiro atoms. The van der Waals surface area contributed by atoms with Gasteiger partial charge < -0.3 is 26.0 Å². The molecule has 4 N–H and O–H groups in total. The van der Waals surface area contributed by atoms with Crippen molar-refractivity contribution in [2.75, 3.05) is 18.0 Å². The molecule has 0 bridgehead atoms. The van der Waals surface area contributed by atoms with E-state index in [0.29, 0.717) is 31.7 Å². The predicted molar refractivity (Wildman–Crippen MR) is 107 cm³/mol. The van der Waals surface area contributed by atoms with Gasteiger partial charge in [-0.05, 0) is 25.3 Å². The van der Waals surface area contributed by atoms with Crippen molar-refractivity contribution in [3.05, 3.63) is 18.6 Å². The summed E-state index contributed by atoms with van der Waals surface area (Å²) in [6.45, 7) is 0.849. The quantitative estimate of drug-likeness (QED) is 0.457. The molecule has 3 heterocycles. The average molecular weight is 416 g/mol. The number of nitrogens with zero attached hydrogens (tertiary/aromatic N) is 3. The molecule has 3 amide bonds. The van der Waals surface area contributed by atoms with Crippen LogP contribution in [0.15, 0.2) is 18.6 Å². The molecule has 10 nitrogen and oxygen atoms in total. The van der Waals surface area contributed by atoms with Crippen LogP contribution in [-0.4, -0.2) is 70.1 Å². The van der Waals surface area contributed by atoms with E-state index >= 15 is 0 Å². The molecule has 162 valence electrons. The topological polar surface area (TPSA) is 137 Å². The lowest BCUT2D eigenvalue weighted by molar-refractivity contribution is -0.134. The Bertz CT molecular complexity index is 791. The fraction of sp³-hybridized carbons (Fsp3) is 0.650. The van der Waals surface area contributed by atoms with E-state index in [1.807, 2.05) is 0 Å². The van der Waals surface area contributed by atoms with Crippen LogP contribution >= 0.6 is 0 Å². The lowest BCUT2D eigenvalue weighted by Gasteiger charge is -2.35. The van der Waals surface area contributed by atoms with Crippen LogP contribution in [0.3, 0.4) is 0 Å². The second kappa shape index (κ2) is 8.95. The standard InChI is InChI=1S/C20H28N6O4/c27-12-9-16(26(10-12)17-6-7-21-11-23-17)20(30)25-15-4-2-1-3-14(15)24-19(29)13-5-8-22-18(13)28/h6-7,11-16,27H,1-5,8-10H2,(H,22,28)(H,24,29)(H,25,30)/t12?,13?,14-,15-,16?/m1/s1. The number of amides is 3. The number of rotatable bonds is 5. The SMILES string of the molecule is O=C1NCCC1C(=O)N[C@@H]1CCCC[C@H]1NC(=O)C1CC(O)CN1c1ccncn1. The fourth-order valence-corrected chi connectivity index (χ4v) is 4.65. The van der Waals surface area contributed by atoms with Gasteiger partial charge >= 0.3 is 0 Å². The van der Waals surface area contributed by atoms with Crippen molar-refractivity contribution in [2.24, 2.45) is 5.92 Å². The van der Waals surface area contributed by atoms with Crippen molar-refractivity contribution >= 4 is 23.5 Å². The molecular weight excluding hydrogens is 388 g/mol. The second-order valence-electron chi connectivity index (χ2n) is 8.27. The van der Waals surface area contributed by atoms with E-state index < -0.39 is 18.1 Å². The minimum absolute atomic E-state index is 0.185. The van der Waals surface area contributed by atoms with Crippen LogP contribution in [-0.2, 0) is 14.4 Å². The van der Waals surface area contributed by atoms with Crippen molar-refractivity contribution in [1.82, 2.24) is 25.9 Å². The molecule has 30 heavy (non-hydrogen) atoms. The van der Waals surface area contributed by atoms with Gasteiger partial charge in [-0.1, -0.05) is 12.8 Å². The molecule has 2 aliphatic heterocycles. The molecule has 1 aliphatic carbocycles. The van der Waals surface area contributed by atoms with Crippen LogP contribution in [0.1, 0.15) is 38.5 Å². The lowest BCUT2D eigenvalue weighted by Crippen LogP contribution is -2.57. The Morgan fingerprint density at radius 3 is 2.50 bits per heavy atom. The highest BCUT2D eigenvalue weighted by atomic mass is 16.3. The minimum atomic E-state index is -0.651. The van der Waals surface area contributed by atoms with Gasteiger partial charge in [0.25, 0.3) is 0 Å². The van der Waals surface area contributed by atoms with E-state index in [4.69, 9.17) is 0 Å². The molecule has 5 atom stereocenters. The number of hydrogen-bond donors (Lipinski definition) is 4. The summed E-state index contributed by atoms with van der Waals surface area (Å²) >= 11 is 0. The van der Waals surface area contributed by atoms with E-state index in [1.54, 1.807) is 17.2 Å². The number of carbonyl (C=O) groups is 3. The van der Waals surface area contributed by atoms with Gasteiger partial charge in [0.15, 0.2) is 0 Å². The van der Waals surface area contributed by atoms with E-state index in [0.717, 1.165) is 25.7 Å². The molecule has 3 fully saturated rings. The predicted octanol–water partition coefficient (Wildman–Crippen LogP) is -0.904. The third-order valence-corrected chi connectivity index (χ3v) is 6.23. The normalized spacial score (nSPS) is 31.3. The summed E-state index contributed by atoms with van der Waals surface area (Å²) < 4.78 is 0. The molecule has 10 heteroatoms. The Labute approximate surface area is 174 Å². The van der Waals surface area contributed by atoms with Crippen LogP contribution < -0.4 is 20.9 Å². The zero-order chi connectivity index (χ0) is 21.1. The molecule has 1 aromatic heterocycles. The Hall–Kier alpha value is -2.75. The third kappa shape index (κ3) is 4.38. The number of anilines is 1. The van der Waals surface area contributed by atoms with Crippen LogP contribution in [0.4, 0.5) is 5.82 Å². The summed E-state index contributed by atoms with van der Waals surface area (Å²) in [4.78, 5) is 47.4. The van der Waals surface area contributed by atoms with E-state index in [-0.39, 0.29) is 29.8 Å². The van der Waals surface area contributed by atoms with Crippen LogP contribution in [0.2, 0.25) is 0 Å². The van der Waals surface area contributed by atoms with Crippen molar-refractivity contribution in [1.29, 1.82) is 0 Å². The number of aliphatic hydroxyl groups excluding tert-OH is 1. The Kier molecular flexibility index (Phi) is 6.12. The molecule has 3 aliphatic rings. The largest absolute Gasteiger partial charge is 0.391 e. The van der Waals surface area contributed by atoms with Gasteiger partial charge in [0, 0.05) is 37.8 Å². The minimum Gasteiger partial charge on any atom is -0.391 e. The monoisotopic (exact) mass is 416 g/mol. The summed E-state index contributed by atoms with van der Waals surface area (Å²) in [5.41, 5.74) is 0. The highest BCUT2D eigenvalue weighted by Crippen LogP contribution is 2.25. The average Bonchev–Trinajstić information content (AvgIpc) is 3.35. The van der Waals surface area contributed by atoms with Gasteiger partial charge in [-0.25, -0.2) is 9.97 Å². The summed E-state index contributed by atoms with van der Waals surface area (Å²) in [6.07, 6.45) is 6.68. The number of aromatic nitrogens is 2. The van der Waals surface area contributed by atoms with Gasteiger partial charge in [0.1, 0.15) is 24.1 Å². The first-order valence-electron chi connectivity index (χ1n) is 10.6. The Balaban J connectivity index is 1.41. The number of hydrogen-bond acceptors (Lipinski definition) is 7. The number of β-amino-alcohol motifs (C(OH)–C–C–N with tert-alkyl or cyclic N) is 1. The van der Waals surface area contributed by atoms with Gasteiger partial charge in [-0.3, -0.25) is 14.4 Å². The summed E-state index contributed by atoms with van der Waals surface area (Å²) in [6, 6.07) is 0.773. The molecule has 1 aromatic rings. The van der Waals surface area contributed by atoms with Gasteiger partial charge in [0.2, 0.25) is 17.7 Å². The number of aliphatic hydroxyl groups is 1. The first-order chi connectivity index (χ1) is 14.5. The summed E-state index contributed by atoms with van der Waals surface area (Å²) in [5.74, 6) is -0.738. The van der Waals surface area contributed by atoms with Crippen molar-refractivity contribution in [2.45, 2.75) is 62.8 Å². The molecule has 0 aromatic carbocycles. The molecule has 4 rings (SSSR count). The maximum atomic E-state index is 13.1. The first kappa shape index (κ1) is 20.5. The van der Waals surface area contributed by atoms with E-state index in [2.05, 4.69) is 25.9 Å². The van der Waals surface area contributed by atoms with E-state index in [9.17, 15) is 19.5 Å². The maximum Gasteiger partial charge on any atom is 0.243 e. The Morgan fingerprint density at radius 1 is 1.13 bits per heavy atom. The highest BCUT2D eigenvalue weighted by molar-refractivity contribution is 6.01. The molecule has 3 unspecified atom stereocenters. The van der Waals surface area contributed by atoms with Crippen LogP contribution in [0.5, 0.6) is 0 Å². The van der Waals surface area contributed by atoms with Crippen molar-refractivity contribution in [3.8, 4) is 0 Å². The first-order valence-corrected chi connectivity index (χ1v) is 10.6. The Morgan fingerprint density at radius 2 is 1.87 bits per heavy atom. The number of carbonyl (C=O) groups excluding carboxylic acids is 3. The van der Waals surface area contributed by atoms with Crippen LogP contribution in [0.25, 0.3) is 0 Å². The highest BCUT2D eigenvalue weighted by Gasteiger charge is 2.39. The molecular formula is C20H28N6O4. The molecule has 0 radical (unpaired) electrons. The van der Waals surface area contributed by atoms with Gasteiger partial charge in [-0.15, -0.1) is 0 Å². The molecule has 1 saturated carbocycles. The lowest BCUT2D eigenvalue weighted by atomic mass is 9.89. The van der Waals surface area contributed by atoms with Crippen molar-refractivity contribution in [3.63, 3.8) is 0 Å². The molecule has 2 saturated heterocycles. The summed E-state index contributed by atoms with van der Waals surface area (Å²) in [7, 11) is 0. The zero-order valence-electron chi connectivity index (χ0n) is 16.8. The fourth-order valence-electron chi connectivity index (χ4n) is 4.65. The number of nitrogens with one attached hydrogen (secondary N) is 3. The maximum absolute atomic E-state index is 13.1. The van der Waals surface area contributed by atoms with Crippen LogP contribution in [0, 0.1) is 5.92 Å². The third-order valence-electron chi connectivity index (χ3n) is 6.23. The van der Waals surface area contributed by atoms with Crippen molar-refractivity contribution < 1.29 is 19.5 Å².